The molecule has 0 amide bonds. The Morgan fingerprint density at radius 2 is 2.00 bits per heavy atom. The molecule has 0 aromatic carbocycles. The summed E-state index contributed by atoms with van der Waals surface area (Å²) in [6, 6.07) is 3.06. The van der Waals surface area contributed by atoms with Gasteiger partial charge in [-0.25, -0.2) is 0 Å². The molecule has 0 saturated carbocycles. The molecule has 1 rings (SSSR count). The number of piperidine rings is 1. The molecule has 0 atom stereocenters. The van der Waals surface area contributed by atoms with Crippen LogP contribution in [0.25, 0.3) is 0 Å². The average molecular weight is 208 g/mol. The van der Waals surface area contributed by atoms with E-state index in [0.29, 0.717) is 5.41 Å². The van der Waals surface area contributed by atoms with E-state index >= 15 is 0 Å². The van der Waals surface area contributed by atoms with Gasteiger partial charge in [0, 0.05) is 18.5 Å². The number of unbranched alkanes of at least 4 members (excludes halogenated alkanes) is 2. The third-order valence-corrected chi connectivity index (χ3v) is 3.27. The normalized spacial score (nSPS) is 19.1. The minimum Gasteiger partial charge on any atom is -0.349 e. The van der Waals surface area contributed by atoms with E-state index in [0.717, 1.165) is 13.1 Å². The van der Waals surface area contributed by atoms with Crippen LogP contribution in [0, 0.1) is 17.4 Å². The van der Waals surface area contributed by atoms with E-state index < -0.39 is 0 Å². The Bertz CT molecular complexity index is 218. The lowest BCUT2D eigenvalue weighted by molar-refractivity contribution is 0.258. The minimum absolute atomic E-state index is 0.295. The van der Waals surface area contributed by atoms with Gasteiger partial charge in [-0.3, -0.25) is 0 Å². The van der Waals surface area contributed by atoms with Gasteiger partial charge in [-0.05, 0) is 32.4 Å². The van der Waals surface area contributed by atoms with Crippen LogP contribution in [0.2, 0.25) is 0 Å². The molecule has 2 N–H and O–H groups in total. The van der Waals surface area contributed by atoms with Crippen molar-refractivity contribution in [1.82, 2.24) is 10.6 Å². The summed E-state index contributed by atoms with van der Waals surface area (Å²) in [6.45, 7) is 4.52. The van der Waals surface area contributed by atoms with E-state index in [9.17, 15) is 0 Å². The van der Waals surface area contributed by atoms with Crippen molar-refractivity contribution in [2.45, 2.75) is 45.4 Å². The second kappa shape index (κ2) is 6.74. The van der Waals surface area contributed by atoms with Gasteiger partial charge in [0.1, 0.15) is 0 Å². The van der Waals surface area contributed by atoms with Crippen molar-refractivity contribution in [3.05, 3.63) is 0 Å². The summed E-state index contributed by atoms with van der Waals surface area (Å²) >= 11 is 0. The standard InChI is InChI=1S/C13H24N2/c1-3-4-5-6-13(7-10-14-2)8-11-15-12-9-13/h14-15H,3-6,8-9,11-12H2,1-2H3. The molecule has 0 aromatic heterocycles. The zero-order valence-corrected chi connectivity index (χ0v) is 10.2. The van der Waals surface area contributed by atoms with Crippen molar-refractivity contribution >= 4 is 0 Å². The van der Waals surface area contributed by atoms with E-state index in [1.807, 2.05) is 7.05 Å². The van der Waals surface area contributed by atoms with E-state index in [4.69, 9.17) is 0 Å². The van der Waals surface area contributed by atoms with Crippen LogP contribution in [0.4, 0.5) is 0 Å². The molecular formula is C13H24N2. The molecule has 15 heavy (non-hydrogen) atoms. The molecular weight excluding hydrogens is 184 g/mol. The van der Waals surface area contributed by atoms with Crippen LogP contribution in [0.15, 0.2) is 0 Å². The summed E-state index contributed by atoms with van der Waals surface area (Å²) in [5, 5.41) is 6.37. The Morgan fingerprint density at radius 3 is 2.60 bits per heavy atom. The highest BCUT2D eigenvalue weighted by Gasteiger charge is 2.29. The Hall–Kier alpha value is -0.680. The van der Waals surface area contributed by atoms with Crippen molar-refractivity contribution in [2.24, 2.45) is 5.41 Å². The Balaban J connectivity index is 2.50. The SMILES string of the molecule is CCCCCC1(C#CNC)CCNCC1. The number of hydrogen-bond acceptors (Lipinski definition) is 2. The fourth-order valence-corrected chi connectivity index (χ4v) is 2.25. The maximum Gasteiger partial charge on any atom is 0.0357 e. The van der Waals surface area contributed by atoms with Crippen LogP contribution in [0.5, 0.6) is 0 Å². The van der Waals surface area contributed by atoms with Crippen LogP contribution < -0.4 is 10.6 Å². The van der Waals surface area contributed by atoms with Crippen LogP contribution >= 0.6 is 0 Å². The van der Waals surface area contributed by atoms with Crippen LogP contribution in [0.3, 0.4) is 0 Å². The van der Waals surface area contributed by atoms with Crippen LogP contribution in [-0.2, 0) is 0 Å². The summed E-state index contributed by atoms with van der Waals surface area (Å²) in [7, 11) is 1.90. The number of rotatable bonds is 4. The fraction of sp³-hybridized carbons (Fsp3) is 0.846. The average Bonchev–Trinajstić information content (AvgIpc) is 2.28. The van der Waals surface area contributed by atoms with Crippen LogP contribution in [-0.4, -0.2) is 20.1 Å². The third kappa shape index (κ3) is 4.13. The summed E-state index contributed by atoms with van der Waals surface area (Å²) in [6.07, 6.45) is 7.67. The maximum atomic E-state index is 3.44. The molecule has 2 nitrogen and oxygen atoms in total. The van der Waals surface area contributed by atoms with Gasteiger partial charge in [0.2, 0.25) is 0 Å². The monoisotopic (exact) mass is 208 g/mol. The molecule has 1 aliphatic rings. The Kier molecular flexibility index (Phi) is 5.57. The van der Waals surface area contributed by atoms with Gasteiger partial charge in [0.05, 0.1) is 0 Å². The molecule has 2 heteroatoms. The van der Waals surface area contributed by atoms with E-state index in [2.05, 4.69) is 29.5 Å². The smallest absolute Gasteiger partial charge is 0.0357 e. The van der Waals surface area contributed by atoms with E-state index in [1.165, 1.54) is 38.5 Å². The van der Waals surface area contributed by atoms with Gasteiger partial charge < -0.3 is 10.6 Å². The lowest BCUT2D eigenvalue weighted by Crippen LogP contribution is -2.36. The predicted octanol–water partition coefficient (Wildman–Crippen LogP) is 2.12. The zero-order chi connectivity index (χ0) is 11.0. The second-order valence-electron chi connectivity index (χ2n) is 4.49. The Morgan fingerprint density at radius 1 is 1.27 bits per heavy atom. The summed E-state index contributed by atoms with van der Waals surface area (Å²) in [4.78, 5) is 0. The minimum atomic E-state index is 0.295. The van der Waals surface area contributed by atoms with Gasteiger partial charge in [0.15, 0.2) is 0 Å². The van der Waals surface area contributed by atoms with Gasteiger partial charge in [-0.15, -0.1) is 0 Å². The van der Waals surface area contributed by atoms with Crippen molar-refractivity contribution in [3.8, 4) is 12.0 Å². The number of hydrogen-bond donors (Lipinski definition) is 2. The highest BCUT2D eigenvalue weighted by molar-refractivity contribution is 5.12. The van der Waals surface area contributed by atoms with Gasteiger partial charge in [-0.2, -0.15) is 0 Å². The van der Waals surface area contributed by atoms with Crippen molar-refractivity contribution < 1.29 is 0 Å². The molecule has 1 aliphatic heterocycles. The molecule has 0 spiro atoms. The molecule has 0 radical (unpaired) electrons. The second-order valence-corrected chi connectivity index (χ2v) is 4.49. The largest absolute Gasteiger partial charge is 0.349 e. The Labute approximate surface area is 94.2 Å². The molecule has 86 valence electrons. The topological polar surface area (TPSA) is 24.1 Å². The molecule has 0 aliphatic carbocycles. The first kappa shape index (κ1) is 12.4. The quantitative estimate of drug-likeness (QED) is 0.420. The van der Waals surface area contributed by atoms with Gasteiger partial charge in [0.25, 0.3) is 0 Å². The first-order valence-corrected chi connectivity index (χ1v) is 6.22. The first-order chi connectivity index (χ1) is 7.33. The number of nitrogens with one attached hydrogen (secondary N) is 2. The van der Waals surface area contributed by atoms with E-state index in [1.54, 1.807) is 0 Å². The van der Waals surface area contributed by atoms with Gasteiger partial charge in [-0.1, -0.05) is 32.1 Å². The molecule has 0 unspecified atom stereocenters. The lowest BCUT2D eigenvalue weighted by atomic mass is 9.75. The van der Waals surface area contributed by atoms with E-state index in [-0.39, 0.29) is 0 Å². The first-order valence-electron chi connectivity index (χ1n) is 6.22. The van der Waals surface area contributed by atoms with Crippen molar-refractivity contribution in [1.29, 1.82) is 0 Å². The highest BCUT2D eigenvalue weighted by atomic mass is 14.9. The van der Waals surface area contributed by atoms with Crippen molar-refractivity contribution in [2.75, 3.05) is 20.1 Å². The van der Waals surface area contributed by atoms with Crippen LogP contribution in [0.1, 0.15) is 45.4 Å². The van der Waals surface area contributed by atoms with Crippen molar-refractivity contribution in [3.63, 3.8) is 0 Å². The molecule has 1 saturated heterocycles. The summed E-state index contributed by atoms with van der Waals surface area (Å²) in [5.41, 5.74) is 0.295. The highest BCUT2D eigenvalue weighted by Crippen LogP contribution is 2.33. The fourth-order valence-electron chi connectivity index (χ4n) is 2.25. The third-order valence-electron chi connectivity index (χ3n) is 3.27. The molecule has 0 aromatic rings. The molecule has 0 bridgehead atoms. The predicted molar refractivity (Wildman–Crippen MR) is 65.5 cm³/mol. The summed E-state index contributed by atoms with van der Waals surface area (Å²) < 4.78 is 0. The zero-order valence-electron chi connectivity index (χ0n) is 10.2. The maximum absolute atomic E-state index is 3.44. The molecule has 1 heterocycles. The van der Waals surface area contributed by atoms with Gasteiger partial charge >= 0.3 is 0 Å². The summed E-state index contributed by atoms with van der Waals surface area (Å²) in [5.74, 6) is 3.44. The molecule has 1 fully saturated rings. The lowest BCUT2D eigenvalue weighted by Gasteiger charge is -2.33.